The van der Waals surface area contributed by atoms with Crippen molar-refractivity contribution < 1.29 is 0 Å². The first-order valence-corrected chi connectivity index (χ1v) is 3.70. The van der Waals surface area contributed by atoms with Gasteiger partial charge in [0.2, 0.25) is 0 Å². The number of nitrogens with zero attached hydrogens (tertiary/aromatic N) is 2. The third kappa shape index (κ3) is 0.649. The van der Waals surface area contributed by atoms with Gasteiger partial charge in [-0.2, -0.15) is 0 Å². The van der Waals surface area contributed by atoms with Crippen LogP contribution in [0.1, 0.15) is 30.5 Å². The summed E-state index contributed by atoms with van der Waals surface area (Å²) in [5.74, 6) is 0.720. The van der Waals surface area contributed by atoms with E-state index in [-0.39, 0.29) is 0 Å². The third-order valence-corrected chi connectivity index (χ3v) is 2.17. The summed E-state index contributed by atoms with van der Waals surface area (Å²) >= 11 is 0. The standard InChI is InChI=1S/C8H10N2/c1-2-6-3-7-4-9-5-10-8(6)7/h4-6H,2-3H2,1H3. The van der Waals surface area contributed by atoms with Crippen LogP contribution in [0.5, 0.6) is 0 Å². The van der Waals surface area contributed by atoms with Crippen LogP contribution in [0.15, 0.2) is 12.5 Å². The molecule has 1 aromatic rings. The molecule has 10 heavy (non-hydrogen) atoms. The van der Waals surface area contributed by atoms with E-state index < -0.39 is 0 Å². The van der Waals surface area contributed by atoms with Gasteiger partial charge in [0, 0.05) is 12.1 Å². The van der Waals surface area contributed by atoms with Crippen LogP contribution in [-0.2, 0) is 6.42 Å². The molecule has 1 aliphatic carbocycles. The van der Waals surface area contributed by atoms with Crippen molar-refractivity contribution in [1.29, 1.82) is 0 Å². The van der Waals surface area contributed by atoms with E-state index in [1.807, 2.05) is 6.20 Å². The van der Waals surface area contributed by atoms with E-state index in [1.54, 1.807) is 6.33 Å². The van der Waals surface area contributed by atoms with Crippen molar-refractivity contribution in [3.8, 4) is 0 Å². The molecule has 0 aromatic carbocycles. The Morgan fingerprint density at radius 3 is 3.30 bits per heavy atom. The fraction of sp³-hybridized carbons (Fsp3) is 0.500. The van der Waals surface area contributed by atoms with Crippen molar-refractivity contribution >= 4 is 0 Å². The summed E-state index contributed by atoms with van der Waals surface area (Å²) in [6.45, 7) is 2.20. The molecule has 1 heterocycles. The highest BCUT2D eigenvalue weighted by Gasteiger charge is 2.25. The van der Waals surface area contributed by atoms with Crippen LogP contribution in [0, 0.1) is 0 Å². The molecule has 0 fully saturated rings. The predicted octanol–water partition coefficient (Wildman–Crippen LogP) is 1.53. The van der Waals surface area contributed by atoms with Gasteiger partial charge >= 0.3 is 0 Å². The molecular formula is C8H10N2. The van der Waals surface area contributed by atoms with Gasteiger partial charge in [0.05, 0.1) is 5.69 Å². The maximum atomic E-state index is 4.21. The summed E-state index contributed by atoms with van der Waals surface area (Å²) in [6.07, 6.45) is 5.96. The van der Waals surface area contributed by atoms with Crippen LogP contribution in [-0.4, -0.2) is 9.97 Å². The quantitative estimate of drug-likeness (QED) is 0.582. The molecule has 0 aliphatic heterocycles. The lowest BCUT2D eigenvalue weighted by molar-refractivity contribution is 0.559. The van der Waals surface area contributed by atoms with Crippen LogP contribution < -0.4 is 0 Å². The second-order valence-electron chi connectivity index (χ2n) is 2.74. The highest BCUT2D eigenvalue weighted by atomic mass is 14.8. The molecule has 0 spiro atoms. The van der Waals surface area contributed by atoms with Gasteiger partial charge in [0.25, 0.3) is 0 Å². The van der Waals surface area contributed by atoms with Crippen LogP contribution in [0.4, 0.5) is 0 Å². The Hall–Kier alpha value is -0.920. The number of fused-ring (bicyclic) bond motifs is 1. The molecular weight excluding hydrogens is 124 g/mol. The first kappa shape index (κ1) is 5.83. The van der Waals surface area contributed by atoms with Gasteiger partial charge in [-0.1, -0.05) is 6.92 Å². The Kier molecular flexibility index (Phi) is 1.19. The molecule has 0 saturated carbocycles. The summed E-state index contributed by atoms with van der Waals surface area (Å²) in [6, 6.07) is 0. The number of hydrogen-bond donors (Lipinski definition) is 0. The summed E-state index contributed by atoms with van der Waals surface area (Å²) in [5.41, 5.74) is 2.62. The van der Waals surface area contributed by atoms with Crippen LogP contribution in [0.2, 0.25) is 0 Å². The van der Waals surface area contributed by atoms with Crippen molar-refractivity contribution in [2.75, 3.05) is 0 Å². The average Bonchev–Trinajstić information content (AvgIpc) is 1.92. The Labute approximate surface area is 60.3 Å². The van der Waals surface area contributed by atoms with Crippen LogP contribution in [0.3, 0.4) is 0 Å². The van der Waals surface area contributed by atoms with Crippen molar-refractivity contribution in [3.05, 3.63) is 23.8 Å². The average molecular weight is 134 g/mol. The molecule has 1 aliphatic rings. The number of hydrogen-bond acceptors (Lipinski definition) is 2. The second kappa shape index (κ2) is 2.04. The van der Waals surface area contributed by atoms with E-state index in [0.29, 0.717) is 0 Å². The first-order chi connectivity index (χ1) is 4.92. The summed E-state index contributed by atoms with van der Waals surface area (Å²) in [4.78, 5) is 8.16. The fourth-order valence-electron chi connectivity index (χ4n) is 1.46. The Morgan fingerprint density at radius 1 is 1.70 bits per heavy atom. The lowest BCUT2D eigenvalue weighted by Gasteiger charge is -2.26. The zero-order valence-electron chi connectivity index (χ0n) is 6.04. The minimum atomic E-state index is 0.720. The maximum absolute atomic E-state index is 4.21. The van der Waals surface area contributed by atoms with E-state index in [0.717, 1.165) is 5.92 Å². The fourth-order valence-corrected chi connectivity index (χ4v) is 1.46. The molecule has 0 N–H and O–H groups in total. The zero-order valence-corrected chi connectivity index (χ0v) is 6.04. The molecule has 1 atom stereocenters. The van der Waals surface area contributed by atoms with Crippen molar-refractivity contribution in [1.82, 2.24) is 9.97 Å². The molecule has 2 nitrogen and oxygen atoms in total. The van der Waals surface area contributed by atoms with E-state index in [1.165, 1.54) is 24.1 Å². The second-order valence-corrected chi connectivity index (χ2v) is 2.74. The molecule has 0 radical (unpaired) electrons. The summed E-state index contributed by atoms with van der Waals surface area (Å²) < 4.78 is 0. The van der Waals surface area contributed by atoms with E-state index in [2.05, 4.69) is 16.9 Å². The maximum Gasteiger partial charge on any atom is 0.115 e. The summed E-state index contributed by atoms with van der Waals surface area (Å²) in [5, 5.41) is 0. The molecule has 0 bridgehead atoms. The van der Waals surface area contributed by atoms with E-state index in [9.17, 15) is 0 Å². The normalized spacial score (nSPS) is 21.5. The highest BCUT2D eigenvalue weighted by molar-refractivity contribution is 5.31. The first-order valence-electron chi connectivity index (χ1n) is 3.70. The molecule has 0 saturated heterocycles. The lowest BCUT2D eigenvalue weighted by Crippen LogP contribution is -2.18. The Bertz CT molecular complexity index is 245. The molecule has 2 heteroatoms. The zero-order chi connectivity index (χ0) is 6.97. The van der Waals surface area contributed by atoms with Gasteiger partial charge in [-0.15, -0.1) is 0 Å². The molecule has 1 unspecified atom stereocenters. The Balaban J connectivity index is 2.34. The van der Waals surface area contributed by atoms with Crippen LogP contribution in [0.25, 0.3) is 0 Å². The van der Waals surface area contributed by atoms with Crippen LogP contribution >= 0.6 is 0 Å². The number of aromatic nitrogens is 2. The SMILES string of the molecule is CCC1Cc2cncnc21. The summed E-state index contributed by atoms with van der Waals surface area (Å²) in [7, 11) is 0. The predicted molar refractivity (Wildman–Crippen MR) is 38.8 cm³/mol. The van der Waals surface area contributed by atoms with E-state index >= 15 is 0 Å². The van der Waals surface area contributed by atoms with Gasteiger partial charge in [0.1, 0.15) is 6.33 Å². The number of rotatable bonds is 1. The molecule has 0 amide bonds. The molecule has 2 rings (SSSR count). The van der Waals surface area contributed by atoms with Crippen molar-refractivity contribution in [2.45, 2.75) is 25.7 Å². The van der Waals surface area contributed by atoms with Gasteiger partial charge in [0.15, 0.2) is 0 Å². The highest BCUT2D eigenvalue weighted by Crippen LogP contribution is 2.34. The minimum Gasteiger partial charge on any atom is -0.245 e. The smallest absolute Gasteiger partial charge is 0.115 e. The Morgan fingerprint density at radius 2 is 2.60 bits per heavy atom. The van der Waals surface area contributed by atoms with Gasteiger partial charge in [-0.25, -0.2) is 9.97 Å². The van der Waals surface area contributed by atoms with Crippen molar-refractivity contribution in [3.63, 3.8) is 0 Å². The lowest BCUT2D eigenvalue weighted by atomic mass is 9.81. The third-order valence-electron chi connectivity index (χ3n) is 2.17. The minimum absolute atomic E-state index is 0.720. The topological polar surface area (TPSA) is 25.8 Å². The van der Waals surface area contributed by atoms with Gasteiger partial charge in [-0.05, 0) is 18.4 Å². The van der Waals surface area contributed by atoms with Gasteiger partial charge < -0.3 is 0 Å². The molecule has 1 aromatic heterocycles. The van der Waals surface area contributed by atoms with Crippen molar-refractivity contribution in [2.24, 2.45) is 0 Å². The van der Waals surface area contributed by atoms with Gasteiger partial charge in [-0.3, -0.25) is 0 Å². The monoisotopic (exact) mass is 134 g/mol. The molecule has 52 valence electrons. The van der Waals surface area contributed by atoms with E-state index in [4.69, 9.17) is 0 Å². The largest absolute Gasteiger partial charge is 0.245 e.